The van der Waals surface area contributed by atoms with Crippen molar-refractivity contribution in [3.8, 4) is 0 Å². The monoisotopic (exact) mass is 247 g/mol. The smallest absolute Gasteiger partial charge is 0.244 e. The lowest BCUT2D eigenvalue weighted by Gasteiger charge is -2.28. The highest BCUT2D eigenvalue weighted by molar-refractivity contribution is 5.83. The molecule has 1 saturated heterocycles. The lowest BCUT2D eigenvalue weighted by atomic mass is 10.0. The van der Waals surface area contributed by atoms with Gasteiger partial charge in [-0.2, -0.15) is 0 Å². The van der Waals surface area contributed by atoms with Gasteiger partial charge in [-0.15, -0.1) is 0 Å². The van der Waals surface area contributed by atoms with Crippen LogP contribution in [-0.4, -0.2) is 48.9 Å². The van der Waals surface area contributed by atoms with Crippen molar-refractivity contribution in [2.24, 2.45) is 5.73 Å². The van der Waals surface area contributed by atoms with Crippen LogP contribution in [0, 0.1) is 0 Å². The third-order valence-electron chi connectivity index (χ3n) is 3.40. The minimum atomic E-state index is -0.212. The van der Waals surface area contributed by atoms with E-state index in [9.17, 15) is 4.79 Å². The molecule has 4 nitrogen and oxygen atoms in total. The zero-order valence-electron chi connectivity index (χ0n) is 11.0. The highest BCUT2D eigenvalue weighted by Gasteiger charge is 2.31. The number of carbonyl (C=O) groups excluding carboxylic acids is 1. The lowest BCUT2D eigenvalue weighted by Crippen LogP contribution is -2.40. The van der Waals surface area contributed by atoms with Gasteiger partial charge in [-0.1, -0.05) is 30.3 Å². The number of rotatable bonds is 3. The first kappa shape index (κ1) is 13.1. The van der Waals surface area contributed by atoms with Crippen molar-refractivity contribution in [3.05, 3.63) is 35.9 Å². The molecule has 2 rings (SSSR count). The van der Waals surface area contributed by atoms with Gasteiger partial charge in [-0.3, -0.25) is 9.69 Å². The first-order valence-electron chi connectivity index (χ1n) is 6.35. The van der Waals surface area contributed by atoms with Crippen LogP contribution < -0.4 is 5.73 Å². The number of benzene rings is 1. The normalized spacial score (nSPS) is 21.3. The molecule has 0 spiro atoms. The van der Waals surface area contributed by atoms with Crippen molar-refractivity contribution in [1.82, 2.24) is 9.80 Å². The van der Waals surface area contributed by atoms with Crippen LogP contribution in [0.4, 0.5) is 0 Å². The Hall–Kier alpha value is -1.39. The predicted octanol–water partition coefficient (Wildman–Crippen LogP) is 0.849. The molecule has 18 heavy (non-hydrogen) atoms. The summed E-state index contributed by atoms with van der Waals surface area (Å²) in [6.45, 7) is 1.45. The molecule has 1 aliphatic heterocycles. The molecule has 2 N–H and O–H groups in total. The van der Waals surface area contributed by atoms with E-state index in [1.807, 2.05) is 54.2 Å². The highest BCUT2D eigenvalue weighted by Crippen LogP contribution is 2.22. The van der Waals surface area contributed by atoms with Gasteiger partial charge in [0.2, 0.25) is 5.91 Å². The summed E-state index contributed by atoms with van der Waals surface area (Å²) >= 11 is 0. The van der Waals surface area contributed by atoms with Crippen molar-refractivity contribution in [2.45, 2.75) is 18.5 Å². The van der Waals surface area contributed by atoms with E-state index in [1.54, 1.807) is 0 Å². The summed E-state index contributed by atoms with van der Waals surface area (Å²) in [5.74, 6) is 0.152. The zero-order chi connectivity index (χ0) is 13.1. The molecule has 0 unspecified atom stereocenters. The third-order valence-corrected chi connectivity index (χ3v) is 3.40. The van der Waals surface area contributed by atoms with Crippen LogP contribution in [0.25, 0.3) is 0 Å². The minimum absolute atomic E-state index is 0.132. The molecule has 0 aliphatic carbocycles. The van der Waals surface area contributed by atoms with Gasteiger partial charge in [-0.05, 0) is 26.1 Å². The number of nitrogens with two attached hydrogens (primary N) is 1. The third kappa shape index (κ3) is 2.71. The maximum atomic E-state index is 12.6. The van der Waals surface area contributed by atoms with Crippen LogP contribution in [-0.2, 0) is 4.79 Å². The maximum Gasteiger partial charge on any atom is 0.244 e. The van der Waals surface area contributed by atoms with Gasteiger partial charge < -0.3 is 10.6 Å². The number of likely N-dealkylation sites (N-methyl/N-ethyl adjacent to an activating group) is 1. The molecule has 1 heterocycles. The number of hydrogen-bond acceptors (Lipinski definition) is 3. The van der Waals surface area contributed by atoms with E-state index in [0.717, 1.165) is 18.5 Å². The van der Waals surface area contributed by atoms with Crippen molar-refractivity contribution >= 4 is 5.91 Å². The quantitative estimate of drug-likeness (QED) is 0.861. The fraction of sp³-hybridized carbons (Fsp3) is 0.500. The summed E-state index contributed by atoms with van der Waals surface area (Å²) in [5, 5.41) is 0. The standard InChI is InChI=1S/C14H21N3O/c1-16(2)13(11-6-4-3-5-7-11)14(18)17-9-8-12(15)10-17/h3-7,12-13H,8-10,15H2,1-2H3/t12-,13+/m1/s1. The average molecular weight is 247 g/mol. The number of amides is 1. The molecule has 98 valence electrons. The molecule has 0 bridgehead atoms. The summed E-state index contributed by atoms with van der Waals surface area (Å²) in [7, 11) is 3.87. The Labute approximate surface area is 108 Å². The molecule has 1 aromatic rings. The summed E-state index contributed by atoms with van der Waals surface area (Å²) in [5.41, 5.74) is 6.91. The predicted molar refractivity (Wildman–Crippen MR) is 72.0 cm³/mol. The van der Waals surface area contributed by atoms with Gasteiger partial charge in [0, 0.05) is 19.1 Å². The van der Waals surface area contributed by atoms with E-state index in [0.29, 0.717) is 6.54 Å². The summed E-state index contributed by atoms with van der Waals surface area (Å²) < 4.78 is 0. The van der Waals surface area contributed by atoms with E-state index in [2.05, 4.69) is 0 Å². The molecule has 0 radical (unpaired) electrons. The Morgan fingerprint density at radius 2 is 2.06 bits per heavy atom. The van der Waals surface area contributed by atoms with Crippen LogP contribution in [0.15, 0.2) is 30.3 Å². The molecule has 1 fully saturated rings. The Morgan fingerprint density at radius 1 is 1.39 bits per heavy atom. The lowest BCUT2D eigenvalue weighted by molar-refractivity contribution is -0.135. The van der Waals surface area contributed by atoms with Crippen molar-refractivity contribution < 1.29 is 4.79 Å². The minimum Gasteiger partial charge on any atom is -0.339 e. The molecular formula is C14H21N3O. The van der Waals surface area contributed by atoms with Gasteiger partial charge >= 0.3 is 0 Å². The number of likely N-dealkylation sites (tertiary alicyclic amines) is 1. The second-order valence-corrected chi connectivity index (χ2v) is 5.11. The van der Waals surface area contributed by atoms with Gasteiger partial charge in [0.05, 0.1) is 0 Å². The highest BCUT2D eigenvalue weighted by atomic mass is 16.2. The summed E-state index contributed by atoms with van der Waals surface area (Å²) in [6.07, 6.45) is 0.903. The zero-order valence-corrected chi connectivity index (χ0v) is 11.0. The second-order valence-electron chi connectivity index (χ2n) is 5.11. The number of carbonyl (C=O) groups is 1. The number of nitrogens with zero attached hydrogens (tertiary/aromatic N) is 2. The molecule has 1 aliphatic rings. The van der Waals surface area contributed by atoms with Crippen LogP contribution in [0.2, 0.25) is 0 Å². The van der Waals surface area contributed by atoms with E-state index >= 15 is 0 Å². The van der Waals surface area contributed by atoms with E-state index in [4.69, 9.17) is 5.73 Å². The molecule has 4 heteroatoms. The average Bonchev–Trinajstić information content (AvgIpc) is 2.77. The molecule has 0 saturated carbocycles. The van der Waals surface area contributed by atoms with E-state index in [1.165, 1.54) is 0 Å². The molecule has 2 atom stereocenters. The molecule has 0 aromatic heterocycles. The molecular weight excluding hydrogens is 226 g/mol. The van der Waals surface area contributed by atoms with Crippen LogP contribution in [0.5, 0.6) is 0 Å². The van der Waals surface area contributed by atoms with Crippen LogP contribution in [0.3, 0.4) is 0 Å². The van der Waals surface area contributed by atoms with Crippen molar-refractivity contribution in [2.75, 3.05) is 27.2 Å². The Morgan fingerprint density at radius 3 is 2.56 bits per heavy atom. The fourth-order valence-electron chi connectivity index (χ4n) is 2.46. The SMILES string of the molecule is CN(C)[C@H](C(=O)N1CC[C@@H](N)C1)c1ccccc1. The Bertz CT molecular complexity index is 405. The first-order chi connectivity index (χ1) is 8.59. The Kier molecular flexibility index (Phi) is 3.99. The Balaban J connectivity index is 2.18. The van der Waals surface area contributed by atoms with Gasteiger partial charge in [0.1, 0.15) is 6.04 Å². The largest absolute Gasteiger partial charge is 0.339 e. The summed E-state index contributed by atoms with van der Waals surface area (Å²) in [4.78, 5) is 16.4. The first-order valence-corrected chi connectivity index (χ1v) is 6.35. The van der Waals surface area contributed by atoms with Crippen LogP contribution >= 0.6 is 0 Å². The number of hydrogen-bond donors (Lipinski definition) is 1. The molecule has 1 aromatic carbocycles. The van der Waals surface area contributed by atoms with Crippen LogP contribution in [0.1, 0.15) is 18.0 Å². The van der Waals surface area contributed by atoms with Gasteiger partial charge in [0.25, 0.3) is 0 Å². The molecule has 1 amide bonds. The van der Waals surface area contributed by atoms with E-state index in [-0.39, 0.29) is 18.0 Å². The topological polar surface area (TPSA) is 49.6 Å². The second kappa shape index (κ2) is 5.50. The fourth-order valence-corrected chi connectivity index (χ4v) is 2.46. The van der Waals surface area contributed by atoms with E-state index < -0.39 is 0 Å². The van der Waals surface area contributed by atoms with Gasteiger partial charge in [-0.25, -0.2) is 0 Å². The van der Waals surface area contributed by atoms with Gasteiger partial charge in [0.15, 0.2) is 0 Å². The van der Waals surface area contributed by atoms with Crippen molar-refractivity contribution in [1.29, 1.82) is 0 Å². The summed E-state index contributed by atoms with van der Waals surface area (Å²) in [6, 6.07) is 9.82. The maximum absolute atomic E-state index is 12.6. The van der Waals surface area contributed by atoms with Crippen molar-refractivity contribution in [3.63, 3.8) is 0 Å².